The van der Waals surface area contributed by atoms with Crippen molar-refractivity contribution in [2.75, 3.05) is 7.11 Å². The fourth-order valence-electron chi connectivity index (χ4n) is 4.80. The van der Waals surface area contributed by atoms with Gasteiger partial charge in [0, 0.05) is 5.70 Å². The summed E-state index contributed by atoms with van der Waals surface area (Å²) in [5.41, 5.74) is 5.52. The molecule has 0 unspecified atom stereocenters. The molecular weight excluding hydrogens is 454 g/mol. The highest BCUT2D eigenvalue weighted by atomic mass is 32.2. The third kappa shape index (κ3) is 4.13. The molecule has 3 heterocycles. The normalized spacial score (nSPS) is 21.7. The fraction of sp³-hybridized carbons (Fsp3) is 0.320. The van der Waals surface area contributed by atoms with Crippen molar-refractivity contribution in [2.45, 2.75) is 44.7 Å². The minimum atomic E-state index is -0.397. The molecule has 2 atom stereocenters. The van der Waals surface area contributed by atoms with Gasteiger partial charge >= 0.3 is 5.97 Å². The molecule has 0 saturated heterocycles. The average molecular weight is 480 g/mol. The van der Waals surface area contributed by atoms with E-state index in [0.717, 1.165) is 35.7 Å². The summed E-state index contributed by atoms with van der Waals surface area (Å²) < 4.78 is 5.09. The van der Waals surface area contributed by atoms with Crippen LogP contribution in [0.3, 0.4) is 0 Å². The third-order valence-corrected chi connectivity index (χ3v) is 7.90. The predicted octanol–water partition coefficient (Wildman–Crippen LogP) is 5.08. The van der Waals surface area contributed by atoms with Crippen LogP contribution in [-0.4, -0.2) is 29.1 Å². The highest BCUT2D eigenvalue weighted by Gasteiger charge is 2.41. The van der Waals surface area contributed by atoms with Gasteiger partial charge in [-0.15, -0.1) is 0 Å². The summed E-state index contributed by atoms with van der Waals surface area (Å²) in [5.74, 6) is -0.425. The van der Waals surface area contributed by atoms with Gasteiger partial charge in [0.1, 0.15) is 0 Å². The van der Waals surface area contributed by atoms with E-state index in [1.807, 2.05) is 40.1 Å². The standard InChI is InChI=1S/C25H25N3O3S2/c1-15-22(24(30)31-2)23(17-10-11-32-13-17)28-18(14-33-25(28)26-15)12-21(29)27-20-9-5-7-16-6-3-4-8-19(16)20/h3-4,6,8,10-11,13-14,20,23H,5,7,9,12H2,1-2H3,(H,27,29)/t20-,23-/m1/s1. The monoisotopic (exact) mass is 479 g/mol. The Kier molecular flexibility index (Phi) is 6.12. The van der Waals surface area contributed by atoms with E-state index in [1.54, 1.807) is 11.3 Å². The number of nitrogens with one attached hydrogen (secondary N) is 1. The van der Waals surface area contributed by atoms with Crippen LogP contribution in [0.1, 0.15) is 55.0 Å². The summed E-state index contributed by atoms with van der Waals surface area (Å²) in [4.78, 5) is 32.5. The smallest absolute Gasteiger partial charge is 0.338 e. The number of allylic oxidation sites excluding steroid dienone is 1. The molecule has 170 valence electrons. The van der Waals surface area contributed by atoms with Crippen LogP contribution in [-0.2, 0) is 20.7 Å². The molecule has 0 fully saturated rings. The molecule has 0 spiro atoms. The lowest BCUT2D eigenvalue weighted by Crippen LogP contribution is -2.38. The van der Waals surface area contributed by atoms with Crippen LogP contribution in [0.5, 0.6) is 0 Å². The van der Waals surface area contributed by atoms with Crippen LogP contribution in [0.2, 0.25) is 0 Å². The number of nitrogens with zero attached hydrogens (tertiary/aromatic N) is 2. The molecule has 3 aliphatic rings. The molecule has 33 heavy (non-hydrogen) atoms. The number of amidine groups is 1. The number of hydrogen-bond acceptors (Lipinski definition) is 7. The first-order chi connectivity index (χ1) is 16.1. The number of fused-ring (bicyclic) bond motifs is 2. The van der Waals surface area contributed by atoms with E-state index in [4.69, 9.17) is 4.74 Å². The number of aryl methyl sites for hydroxylation is 1. The van der Waals surface area contributed by atoms with Crippen LogP contribution in [0.15, 0.2) is 68.5 Å². The molecular formula is C25H25N3O3S2. The molecule has 1 aromatic heterocycles. The Hall–Kier alpha value is -2.84. The summed E-state index contributed by atoms with van der Waals surface area (Å²) in [6, 6.07) is 10.0. The number of methoxy groups -OCH3 is 1. The molecule has 1 amide bonds. The molecule has 0 bridgehead atoms. The molecule has 8 heteroatoms. The largest absolute Gasteiger partial charge is 0.466 e. The van der Waals surface area contributed by atoms with Gasteiger partial charge < -0.3 is 15.0 Å². The van der Waals surface area contributed by atoms with Gasteiger partial charge in [-0.05, 0) is 65.1 Å². The number of ether oxygens (including phenoxy) is 1. The summed E-state index contributed by atoms with van der Waals surface area (Å²) in [6.07, 6.45) is 3.29. The quantitative estimate of drug-likeness (QED) is 0.606. The van der Waals surface area contributed by atoms with Crippen molar-refractivity contribution in [3.8, 4) is 0 Å². The Morgan fingerprint density at radius 3 is 2.91 bits per heavy atom. The van der Waals surface area contributed by atoms with Crippen molar-refractivity contribution in [2.24, 2.45) is 4.99 Å². The van der Waals surface area contributed by atoms with Crippen molar-refractivity contribution in [1.29, 1.82) is 0 Å². The number of aliphatic imine (C=N–C) groups is 1. The van der Waals surface area contributed by atoms with Crippen molar-refractivity contribution >= 4 is 40.1 Å². The number of amides is 1. The Balaban J connectivity index is 1.39. The van der Waals surface area contributed by atoms with Crippen LogP contribution >= 0.6 is 23.1 Å². The maximum Gasteiger partial charge on any atom is 0.338 e. The number of thioether (sulfide) groups is 1. The molecule has 5 rings (SSSR count). The van der Waals surface area contributed by atoms with Crippen molar-refractivity contribution in [3.63, 3.8) is 0 Å². The number of thiophene rings is 1. The molecule has 1 aliphatic carbocycles. The second-order valence-electron chi connectivity index (χ2n) is 8.33. The van der Waals surface area contributed by atoms with Gasteiger partial charge in [-0.2, -0.15) is 11.3 Å². The van der Waals surface area contributed by atoms with Gasteiger partial charge in [-0.1, -0.05) is 36.0 Å². The molecule has 0 radical (unpaired) electrons. The Bertz CT molecular complexity index is 1180. The predicted molar refractivity (Wildman–Crippen MR) is 132 cm³/mol. The fourth-order valence-corrected chi connectivity index (χ4v) is 6.44. The van der Waals surface area contributed by atoms with E-state index in [1.165, 1.54) is 30.0 Å². The zero-order valence-electron chi connectivity index (χ0n) is 18.5. The third-order valence-electron chi connectivity index (χ3n) is 6.31. The molecule has 2 aliphatic heterocycles. The average Bonchev–Trinajstić information content (AvgIpc) is 3.48. The van der Waals surface area contributed by atoms with Crippen molar-refractivity contribution < 1.29 is 14.3 Å². The molecule has 6 nitrogen and oxygen atoms in total. The maximum atomic E-state index is 13.2. The van der Waals surface area contributed by atoms with E-state index >= 15 is 0 Å². The van der Waals surface area contributed by atoms with Gasteiger partial charge in [-0.3, -0.25) is 4.79 Å². The molecule has 1 N–H and O–H groups in total. The van der Waals surface area contributed by atoms with Gasteiger partial charge in [0.25, 0.3) is 0 Å². The SMILES string of the molecule is COC(=O)C1=C(C)N=C2SC=C(CC(=O)N[C@@H]3CCCc4ccccc43)N2[C@@H]1c1ccsc1. The molecule has 2 aromatic rings. The highest BCUT2D eigenvalue weighted by Crippen LogP contribution is 2.45. The minimum Gasteiger partial charge on any atom is -0.466 e. The minimum absolute atomic E-state index is 0.0280. The molecule has 0 saturated carbocycles. The highest BCUT2D eigenvalue weighted by molar-refractivity contribution is 8.16. The van der Waals surface area contributed by atoms with Crippen molar-refractivity contribution in [1.82, 2.24) is 10.2 Å². The first-order valence-corrected chi connectivity index (χ1v) is 12.8. The second-order valence-corrected chi connectivity index (χ2v) is 9.95. The van der Waals surface area contributed by atoms with Crippen molar-refractivity contribution in [3.05, 3.63) is 80.2 Å². The summed E-state index contributed by atoms with van der Waals surface area (Å²) >= 11 is 3.06. The van der Waals surface area contributed by atoms with Gasteiger partial charge in [0.15, 0.2) is 5.17 Å². The van der Waals surface area contributed by atoms with E-state index in [0.29, 0.717) is 11.3 Å². The van der Waals surface area contributed by atoms with Crippen LogP contribution in [0.25, 0.3) is 0 Å². The maximum absolute atomic E-state index is 13.2. The zero-order valence-corrected chi connectivity index (χ0v) is 20.2. The molecule has 1 aromatic carbocycles. The van der Waals surface area contributed by atoms with Gasteiger partial charge in [0.2, 0.25) is 5.91 Å². The lowest BCUT2D eigenvalue weighted by Gasteiger charge is -2.35. The van der Waals surface area contributed by atoms with Gasteiger partial charge in [0.05, 0.1) is 36.9 Å². The topological polar surface area (TPSA) is 71.0 Å². The number of rotatable bonds is 5. The van der Waals surface area contributed by atoms with Crippen LogP contribution < -0.4 is 5.32 Å². The van der Waals surface area contributed by atoms with E-state index in [9.17, 15) is 9.59 Å². The van der Waals surface area contributed by atoms with Crippen LogP contribution in [0.4, 0.5) is 0 Å². The Morgan fingerprint density at radius 1 is 1.27 bits per heavy atom. The number of esters is 1. The van der Waals surface area contributed by atoms with E-state index in [2.05, 4.69) is 28.5 Å². The van der Waals surface area contributed by atoms with E-state index < -0.39 is 5.97 Å². The Labute approximate surface area is 201 Å². The summed E-state index contributed by atoms with van der Waals surface area (Å²) in [6.45, 7) is 1.84. The Morgan fingerprint density at radius 2 is 2.12 bits per heavy atom. The first-order valence-electron chi connectivity index (χ1n) is 11.0. The number of benzene rings is 1. The first kappa shape index (κ1) is 22.0. The van der Waals surface area contributed by atoms with Gasteiger partial charge in [-0.25, -0.2) is 9.79 Å². The van der Waals surface area contributed by atoms with Crippen LogP contribution in [0, 0.1) is 0 Å². The number of carbonyl (C=O) groups excluding carboxylic acids is 2. The number of hydrogen-bond donors (Lipinski definition) is 1. The van der Waals surface area contributed by atoms with E-state index in [-0.39, 0.29) is 24.4 Å². The zero-order chi connectivity index (χ0) is 22.9. The second kappa shape index (κ2) is 9.19. The number of carbonyl (C=O) groups is 2. The lowest BCUT2D eigenvalue weighted by molar-refractivity contribution is -0.136. The lowest BCUT2D eigenvalue weighted by atomic mass is 9.87. The summed E-state index contributed by atoms with van der Waals surface area (Å²) in [7, 11) is 1.39. The summed E-state index contributed by atoms with van der Waals surface area (Å²) in [5, 5.41) is 10.0.